The normalized spacial score (nSPS) is 23.0. The molecule has 0 aromatic carbocycles. The van der Waals surface area contributed by atoms with Crippen LogP contribution in [0.1, 0.15) is 36.9 Å². The smallest absolute Gasteiger partial charge is 0.279 e. The Morgan fingerprint density at radius 1 is 1.04 bits per heavy atom. The van der Waals surface area contributed by atoms with E-state index < -0.39 is 10.2 Å². The van der Waals surface area contributed by atoms with Gasteiger partial charge in [-0.1, -0.05) is 0 Å². The standard InChI is InChI=1S/C17H27N5O3S/c23-26(24,22-9-11-25-12-10-22)20-15-5-7-21(8-6-15)17-13-14-3-1-2-4-16(14)18-19-17/h13,15,20H,1-12H2. The van der Waals surface area contributed by atoms with Gasteiger partial charge in [0.1, 0.15) is 0 Å². The molecular formula is C17H27N5O3S. The van der Waals surface area contributed by atoms with E-state index in [1.165, 1.54) is 22.7 Å². The summed E-state index contributed by atoms with van der Waals surface area (Å²) in [4.78, 5) is 2.22. The van der Waals surface area contributed by atoms with Crippen molar-refractivity contribution in [1.82, 2.24) is 19.2 Å². The van der Waals surface area contributed by atoms with E-state index in [0.29, 0.717) is 26.3 Å². The van der Waals surface area contributed by atoms with Gasteiger partial charge in [0.05, 0.1) is 18.9 Å². The molecule has 1 aromatic rings. The maximum Gasteiger partial charge on any atom is 0.279 e. The minimum atomic E-state index is -3.42. The number of piperidine rings is 1. The highest BCUT2D eigenvalue weighted by Crippen LogP contribution is 2.24. The molecule has 2 aliphatic heterocycles. The molecule has 1 N–H and O–H groups in total. The number of anilines is 1. The van der Waals surface area contributed by atoms with Gasteiger partial charge in [-0.05, 0) is 50.2 Å². The summed E-state index contributed by atoms with van der Waals surface area (Å²) >= 11 is 0. The molecule has 0 radical (unpaired) electrons. The van der Waals surface area contributed by atoms with Gasteiger partial charge in [0.2, 0.25) is 0 Å². The van der Waals surface area contributed by atoms with E-state index >= 15 is 0 Å². The molecule has 0 amide bonds. The van der Waals surface area contributed by atoms with E-state index in [-0.39, 0.29) is 6.04 Å². The average Bonchev–Trinajstić information content (AvgIpc) is 2.69. The molecule has 0 spiro atoms. The van der Waals surface area contributed by atoms with E-state index in [1.807, 2.05) is 0 Å². The SMILES string of the molecule is O=S(=O)(NC1CCN(c2cc3c(nn2)CCCC3)CC1)N1CCOCC1. The Hall–Kier alpha value is -1.29. The largest absolute Gasteiger partial charge is 0.379 e. The molecule has 2 saturated heterocycles. The first-order chi connectivity index (χ1) is 12.6. The Bertz CT molecular complexity index is 728. The van der Waals surface area contributed by atoms with Crippen molar-refractivity contribution in [3.8, 4) is 0 Å². The number of fused-ring (bicyclic) bond motifs is 1. The molecule has 0 bridgehead atoms. The third kappa shape index (κ3) is 4.00. The van der Waals surface area contributed by atoms with Crippen molar-refractivity contribution in [3.05, 3.63) is 17.3 Å². The van der Waals surface area contributed by atoms with Gasteiger partial charge in [-0.25, -0.2) is 0 Å². The number of rotatable bonds is 4. The van der Waals surface area contributed by atoms with Crippen LogP contribution in [0, 0.1) is 0 Å². The van der Waals surface area contributed by atoms with Crippen molar-refractivity contribution in [3.63, 3.8) is 0 Å². The topological polar surface area (TPSA) is 87.7 Å². The fraction of sp³-hybridized carbons (Fsp3) is 0.765. The first-order valence-corrected chi connectivity index (χ1v) is 11.0. The van der Waals surface area contributed by atoms with Crippen LogP contribution in [0.5, 0.6) is 0 Å². The minimum Gasteiger partial charge on any atom is -0.379 e. The molecular weight excluding hydrogens is 354 g/mol. The van der Waals surface area contributed by atoms with Crippen molar-refractivity contribution in [1.29, 1.82) is 0 Å². The Kier molecular flexibility index (Phi) is 5.40. The third-order valence-corrected chi connectivity index (χ3v) is 7.18. The van der Waals surface area contributed by atoms with Gasteiger partial charge < -0.3 is 9.64 Å². The highest BCUT2D eigenvalue weighted by atomic mass is 32.2. The van der Waals surface area contributed by atoms with Crippen LogP contribution in [0.3, 0.4) is 0 Å². The summed E-state index contributed by atoms with van der Waals surface area (Å²) in [5.74, 6) is 0.931. The Balaban J connectivity index is 1.34. The molecule has 0 saturated carbocycles. The van der Waals surface area contributed by atoms with Crippen LogP contribution in [0.2, 0.25) is 0 Å². The zero-order valence-corrected chi connectivity index (χ0v) is 15.9. The lowest BCUT2D eigenvalue weighted by Crippen LogP contribution is -2.52. The van der Waals surface area contributed by atoms with Crippen molar-refractivity contribution < 1.29 is 13.2 Å². The lowest BCUT2D eigenvalue weighted by atomic mass is 9.96. The number of ether oxygens (including phenoxy) is 1. The van der Waals surface area contributed by atoms with E-state index in [2.05, 4.69) is 25.9 Å². The highest BCUT2D eigenvalue weighted by molar-refractivity contribution is 7.87. The van der Waals surface area contributed by atoms with Crippen molar-refractivity contribution in [2.75, 3.05) is 44.3 Å². The zero-order valence-electron chi connectivity index (χ0n) is 15.1. The van der Waals surface area contributed by atoms with Gasteiger partial charge in [-0.2, -0.15) is 22.5 Å². The molecule has 9 heteroatoms. The van der Waals surface area contributed by atoms with E-state index in [4.69, 9.17) is 4.74 Å². The summed E-state index contributed by atoms with van der Waals surface area (Å²) in [6.07, 6.45) is 6.12. The second-order valence-electron chi connectivity index (χ2n) is 7.28. The van der Waals surface area contributed by atoms with Gasteiger partial charge in [0.15, 0.2) is 5.82 Å². The average molecular weight is 382 g/mol. The summed E-state index contributed by atoms with van der Waals surface area (Å²) in [7, 11) is -3.42. The molecule has 4 rings (SSSR count). The maximum atomic E-state index is 12.5. The predicted octanol–water partition coefficient (Wildman–Crippen LogP) is 0.491. The molecule has 0 atom stereocenters. The van der Waals surface area contributed by atoms with Crippen LogP contribution in [-0.4, -0.2) is 68.4 Å². The number of nitrogens with one attached hydrogen (secondary N) is 1. The van der Waals surface area contributed by atoms with Gasteiger partial charge in [-0.15, -0.1) is 5.10 Å². The molecule has 26 heavy (non-hydrogen) atoms. The van der Waals surface area contributed by atoms with Gasteiger partial charge in [0, 0.05) is 32.2 Å². The summed E-state index contributed by atoms with van der Waals surface area (Å²) in [6, 6.07) is 2.16. The van der Waals surface area contributed by atoms with Gasteiger partial charge in [-0.3, -0.25) is 0 Å². The molecule has 0 unspecified atom stereocenters. The number of aryl methyl sites for hydroxylation is 2. The molecule has 3 heterocycles. The van der Waals surface area contributed by atoms with Crippen molar-refractivity contribution >= 4 is 16.0 Å². The molecule has 1 aromatic heterocycles. The van der Waals surface area contributed by atoms with Crippen LogP contribution in [0.4, 0.5) is 5.82 Å². The predicted molar refractivity (Wildman–Crippen MR) is 98.4 cm³/mol. The van der Waals surface area contributed by atoms with Crippen LogP contribution in [0.15, 0.2) is 6.07 Å². The summed E-state index contributed by atoms with van der Waals surface area (Å²) in [6.45, 7) is 3.39. The third-order valence-electron chi connectivity index (χ3n) is 5.50. The van der Waals surface area contributed by atoms with Crippen molar-refractivity contribution in [2.45, 2.75) is 44.6 Å². The quantitative estimate of drug-likeness (QED) is 0.817. The number of hydrogen-bond acceptors (Lipinski definition) is 6. The first-order valence-electron chi connectivity index (χ1n) is 9.57. The number of aromatic nitrogens is 2. The van der Waals surface area contributed by atoms with Crippen LogP contribution >= 0.6 is 0 Å². The van der Waals surface area contributed by atoms with Crippen LogP contribution in [0.25, 0.3) is 0 Å². The van der Waals surface area contributed by atoms with Crippen LogP contribution < -0.4 is 9.62 Å². The summed E-state index contributed by atoms with van der Waals surface area (Å²) in [5, 5.41) is 8.82. The first kappa shape index (κ1) is 18.1. The Morgan fingerprint density at radius 3 is 2.54 bits per heavy atom. The maximum absolute atomic E-state index is 12.5. The van der Waals surface area contributed by atoms with E-state index in [9.17, 15) is 8.42 Å². The van der Waals surface area contributed by atoms with E-state index in [0.717, 1.165) is 50.3 Å². The zero-order chi connectivity index (χ0) is 18.0. The monoisotopic (exact) mass is 381 g/mol. The number of nitrogens with zero attached hydrogens (tertiary/aromatic N) is 4. The molecule has 3 aliphatic rings. The van der Waals surface area contributed by atoms with Crippen LogP contribution in [-0.2, 0) is 27.8 Å². The lowest BCUT2D eigenvalue weighted by molar-refractivity contribution is 0.0722. The molecule has 8 nitrogen and oxygen atoms in total. The second-order valence-corrected chi connectivity index (χ2v) is 8.98. The second kappa shape index (κ2) is 7.75. The summed E-state index contributed by atoms with van der Waals surface area (Å²) in [5.41, 5.74) is 2.48. The highest BCUT2D eigenvalue weighted by Gasteiger charge is 2.29. The van der Waals surface area contributed by atoms with Gasteiger partial charge >= 0.3 is 0 Å². The van der Waals surface area contributed by atoms with Crippen molar-refractivity contribution in [2.24, 2.45) is 0 Å². The Labute approximate surface area is 155 Å². The molecule has 144 valence electrons. The fourth-order valence-corrected chi connectivity index (χ4v) is 5.37. The summed E-state index contributed by atoms with van der Waals surface area (Å²) < 4.78 is 34.6. The lowest BCUT2D eigenvalue weighted by Gasteiger charge is -2.34. The number of hydrogen-bond donors (Lipinski definition) is 1. The number of morpholine rings is 1. The van der Waals surface area contributed by atoms with E-state index in [1.54, 1.807) is 0 Å². The Morgan fingerprint density at radius 2 is 1.77 bits per heavy atom. The minimum absolute atomic E-state index is 0.0234. The molecule has 2 fully saturated rings. The molecule has 1 aliphatic carbocycles. The van der Waals surface area contributed by atoms with Gasteiger partial charge in [0.25, 0.3) is 10.2 Å². The fourth-order valence-electron chi connectivity index (χ4n) is 3.93.